The molecule has 0 radical (unpaired) electrons. The Hall–Kier alpha value is -2.15. The third kappa shape index (κ3) is 3.91. The molecule has 0 bridgehead atoms. The highest BCUT2D eigenvalue weighted by Crippen LogP contribution is 2.22. The van der Waals surface area contributed by atoms with E-state index < -0.39 is 24.7 Å². The van der Waals surface area contributed by atoms with E-state index in [1.54, 1.807) is 18.2 Å². The molecule has 0 amide bonds. The lowest BCUT2D eigenvalue weighted by Crippen LogP contribution is -2.36. The van der Waals surface area contributed by atoms with E-state index in [1.165, 1.54) is 12.1 Å². The molecule has 1 aromatic carbocycles. The average molecular weight is 298 g/mol. The number of aliphatic carboxylic acids is 1. The Balaban J connectivity index is 2.32. The molecule has 2 N–H and O–H groups in total. The summed E-state index contributed by atoms with van der Waals surface area (Å²) < 4.78 is 36.7. The van der Waals surface area contributed by atoms with Crippen molar-refractivity contribution in [2.24, 2.45) is 0 Å². The summed E-state index contributed by atoms with van der Waals surface area (Å²) in [5.41, 5.74) is 1.73. The maximum atomic E-state index is 12.2. The molecule has 21 heavy (non-hydrogen) atoms. The molecular weight excluding hydrogens is 285 g/mol. The molecule has 0 aliphatic carbocycles. The Bertz CT molecular complexity index is 671. The maximum absolute atomic E-state index is 12.2. The summed E-state index contributed by atoms with van der Waals surface area (Å²) >= 11 is 0. The summed E-state index contributed by atoms with van der Waals surface area (Å²) in [6.45, 7) is 0.451. The van der Waals surface area contributed by atoms with Gasteiger partial charge in [-0.05, 0) is 30.7 Å². The number of carboxylic acid groups (broad SMARTS) is 1. The SMILES string of the molecule is Cc1ccc2cc(C(NCC(F)(F)F)C(=O)O)ccc2n1. The number of alkyl halides is 3. The highest BCUT2D eigenvalue weighted by atomic mass is 19.4. The van der Waals surface area contributed by atoms with Crippen molar-refractivity contribution in [2.75, 3.05) is 6.54 Å². The molecule has 4 nitrogen and oxygen atoms in total. The number of hydrogen-bond donors (Lipinski definition) is 2. The molecule has 0 spiro atoms. The lowest BCUT2D eigenvalue weighted by atomic mass is 10.0. The van der Waals surface area contributed by atoms with Gasteiger partial charge in [-0.25, -0.2) is 0 Å². The Morgan fingerprint density at radius 1 is 1.33 bits per heavy atom. The maximum Gasteiger partial charge on any atom is 0.401 e. The molecule has 0 saturated carbocycles. The van der Waals surface area contributed by atoms with Gasteiger partial charge in [0.25, 0.3) is 0 Å². The van der Waals surface area contributed by atoms with E-state index >= 15 is 0 Å². The van der Waals surface area contributed by atoms with Gasteiger partial charge < -0.3 is 5.11 Å². The monoisotopic (exact) mass is 298 g/mol. The van der Waals surface area contributed by atoms with Crippen LogP contribution in [0.15, 0.2) is 30.3 Å². The predicted octanol–water partition coefficient (Wildman–Crippen LogP) is 2.82. The molecule has 1 unspecified atom stereocenters. The highest BCUT2D eigenvalue weighted by Gasteiger charge is 2.30. The second-order valence-corrected chi connectivity index (χ2v) is 4.67. The average Bonchev–Trinajstić information content (AvgIpc) is 2.37. The smallest absolute Gasteiger partial charge is 0.401 e. The normalized spacial score (nSPS) is 13.3. The van der Waals surface area contributed by atoms with Crippen LogP contribution in [-0.2, 0) is 4.79 Å². The summed E-state index contributed by atoms with van der Waals surface area (Å²) in [4.78, 5) is 15.4. The minimum absolute atomic E-state index is 0.255. The Labute approximate surface area is 118 Å². The van der Waals surface area contributed by atoms with E-state index in [-0.39, 0.29) is 5.56 Å². The van der Waals surface area contributed by atoms with Gasteiger partial charge in [0.15, 0.2) is 0 Å². The summed E-state index contributed by atoms with van der Waals surface area (Å²) in [6.07, 6.45) is -4.47. The molecule has 0 fully saturated rings. The van der Waals surface area contributed by atoms with Gasteiger partial charge >= 0.3 is 12.1 Å². The van der Waals surface area contributed by atoms with Gasteiger partial charge in [-0.15, -0.1) is 0 Å². The molecule has 7 heteroatoms. The number of aryl methyl sites for hydroxylation is 1. The van der Waals surface area contributed by atoms with Crippen LogP contribution >= 0.6 is 0 Å². The summed E-state index contributed by atoms with van der Waals surface area (Å²) in [6, 6.07) is 6.69. The topological polar surface area (TPSA) is 62.2 Å². The molecule has 0 aliphatic rings. The van der Waals surface area contributed by atoms with E-state index in [2.05, 4.69) is 4.98 Å². The molecule has 0 saturated heterocycles. The van der Waals surface area contributed by atoms with Gasteiger partial charge in [0.2, 0.25) is 0 Å². The van der Waals surface area contributed by atoms with Gasteiger partial charge in [-0.3, -0.25) is 15.1 Å². The van der Waals surface area contributed by atoms with E-state index in [4.69, 9.17) is 5.11 Å². The number of aromatic nitrogens is 1. The van der Waals surface area contributed by atoms with Crippen LogP contribution in [0, 0.1) is 6.92 Å². The molecule has 2 aromatic rings. The van der Waals surface area contributed by atoms with Crippen molar-refractivity contribution < 1.29 is 23.1 Å². The Morgan fingerprint density at radius 3 is 2.67 bits per heavy atom. The van der Waals surface area contributed by atoms with Crippen LogP contribution in [0.2, 0.25) is 0 Å². The number of fused-ring (bicyclic) bond motifs is 1. The van der Waals surface area contributed by atoms with Crippen molar-refractivity contribution in [2.45, 2.75) is 19.1 Å². The van der Waals surface area contributed by atoms with E-state index in [0.29, 0.717) is 10.9 Å². The zero-order chi connectivity index (χ0) is 15.6. The number of carboxylic acids is 1. The second kappa shape index (κ2) is 5.69. The summed E-state index contributed by atoms with van der Waals surface area (Å²) in [5, 5.41) is 11.8. The fourth-order valence-corrected chi connectivity index (χ4v) is 1.99. The van der Waals surface area contributed by atoms with Crippen molar-refractivity contribution in [3.63, 3.8) is 0 Å². The van der Waals surface area contributed by atoms with Crippen molar-refractivity contribution in [3.05, 3.63) is 41.6 Å². The highest BCUT2D eigenvalue weighted by molar-refractivity contribution is 5.82. The first-order valence-corrected chi connectivity index (χ1v) is 6.16. The van der Waals surface area contributed by atoms with Crippen LogP contribution in [0.3, 0.4) is 0 Å². The zero-order valence-corrected chi connectivity index (χ0v) is 11.1. The van der Waals surface area contributed by atoms with E-state index in [9.17, 15) is 18.0 Å². The Kier molecular flexibility index (Phi) is 4.13. The number of hydrogen-bond acceptors (Lipinski definition) is 3. The standard InChI is InChI=1S/C14H13F3N2O2/c1-8-2-3-9-6-10(4-5-11(9)19-8)12(13(20)21)18-7-14(15,16)17/h2-6,12,18H,7H2,1H3,(H,20,21). The molecule has 1 aromatic heterocycles. The van der Waals surface area contributed by atoms with Crippen LogP contribution in [-0.4, -0.2) is 28.8 Å². The minimum Gasteiger partial charge on any atom is -0.480 e. The van der Waals surface area contributed by atoms with Gasteiger partial charge in [0.1, 0.15) is 6.04 Å². The van der Waals surface area contributed by atoms with Crippen molar-refractivity contribution in [1.82, 2.24) is 10.3 Å². The van der Waals surface area contributed by atoms with E-state index in [1.807, 2.05) is 12.2 Å². The first kappa shape index (κ1) is 15.2. The molecule has 1 heterocycles. The minimum atomic E-state index is -4.47. The number of nitrogens with zero attached hydrogens (tertiary/aromatic N) is 1. The van der Waals surface area contributed by atoms with Crippen LogP contribution in [0.5, 0.6) is 0 Å². The number of halogens is 3. The molecule has 1 atom stereocenters. The third-order valence-corrected chi connectivity index (χ3v) is 2.94. The van der Waals surface area contributed by atoms with Crippen LogP contribution in [0.1, 0.15) is 17.3 Å². The molecule has 0 aliphatic heterocycles. The van der Waals surface area contributed by atoms with Crippen LogP contribution < -0.4 is 5.32 Å². The third-order valence-electron chi connectivity index (χ3n) is 2.94. The van der Waals surface area contributed by atoms with Gasteiger partial charge in [-0.2, -0.15) is 13.2 Å². The van der Waals surface area contributed by atoms with Crippen LogP contribution in [0.4, 0.5) is 13.2 Å². The number of pyridine rings is 1. The van der Waals surface area contributed by atoms with Crippen molar-refractivity contribution >= 4 is 16.9 Å². The molecule has 2 rings (SSSR count). The van der Waals surface area contributed by atoms with Crippen molar-refractivity contribution in [1.29, 1.82) is 0 Å². The van der Waals surface area contributed by atoms with Gasteiger partial charge in [0.05, 0.1) is 12.1 Å². The first-order valence-electron chi connectivity index (χ1n) is 6.16. The lowest BCUT2D eigenvalue weighted by molar-refractivity contribution is -0.143. The number of rotatable bonds is 4. The van der Waals surface area contributed by atoms with E-state index in [0.717, 1.165) is 5.69 Å². The van der Waals surface area contributed by atoms with Crippen LogP contribution in [0.25, 0.3) is 10.9 Å². The quantitative estimate of drug-likeness (QED) is 0.911. The zero-order valence-electron chi connectivity index (χ0n) is 11.1. The second-order valence-electron chi connectivity index (χ2n) is 4.67. The molecular formula is C14H13F3N2O2. The largest absolute Gasteiger partial charge is 0.480 e. The van der Waals surface area contributed by atoms with Gasteiger partial charge in [0, 0.05) is 11.1 Å². The fraction of sp³-hybridized carbons (Fsp3) is 0.286. The predicted molar refractivity (Wildman–Crippen MR) is 70.9 cm³/mol. The first-order chi connectivity index (χ1) is 9.76. The van der Waals surface area contributed by atoms with Crippen molar-refractivity contribution in [3.8, 4) is 0 Å². The molecule has 112 valence electrons. The number of nitrogens with one attached hydrogen (secondary N) is 1. The summed E-state index contributed by atoms with van der Waals surface area (Å²) in [5.74, 6) is -1.36. The Morgan fingerprint density at radius 2 is 2.05 bits per heavy atom. The summed E-state index contributed by atoms with van der Waals surface area (Å²) in [7, 11) is 0. The lowest BCUT2D eigenvalue weighted by Gasteiger charge is -2.16. The number of benzene rings is 1. The number of carbonyl (C=O) groups is 1. The van der Waals surface area contributed by atoms with Gasteiger partial charge in [-0.1, -0.05) is 12.1 Å². The fourth-order valence-electron chi connectivity index (χ4n) is 1.99.